The Kier molecular flexibility index (Phi) is 3.59. The summed E-state index contributed by atoms with van der Waals surface area (Å²) in [5.74, 6) is 0.978. The van der Waals surface area contributed by atoms with E-state index in [0.717, 1.165) is 30.9 Å². The second kappa shape index (κ2) is 5.68. The van der Waals surface area contributed by atoms with Crippen LogP contribution < -0.4 is 5.32 Å². The maximum Gasteiger partial charge on any atom is 0.257 e. The number of hydrogen-bond donors (Lipinski definition) is 1. The lowest BCUT2D eigenvalue weighted by Gasteiger charge is -2.24. The largest absolute Gasteiger partial charge is 0.347 e. The molecule has 7 heteroatoms. The molecule has 130 valence electrons. The van der Waals surface area contributed by atoms with E-state index in [9.17, 15) is 4.79 Å². The molecule has 4 rings (SSSR count). The number of amides is 1. The van der Waals surface area contributed by atoms with Crippen LogP contribution in [0.25, 0.3) is 5.65 Å². The number of hydrogen-bond acceptors (Lipinski definition) is 4. The minimum atomic E-state index is -0.127. The maximum absolute atomic E-state index is 12.6. The third-order valence-corrected chi connectivity index (χ3v) is 4.62. The summed E-state index contributed by atoms with van der Waals surface area (Å²) < 4.78 is 3.78. The van der Waals surface area contributed by atoms with Gasteiger partial charge in [0.25, 0.3) is 5.91 Å². The lowest BCUT2D eigenvalue weighted by Crippen LogP contribution is -2.40. The average Bonchev–Trinajstić information content (AvgIpc) is 3.18. The molecule has 0 aromatic carbocycles. The molecule has 1 atom stereocenters. The molecule has 3 aromatic heterocycles. The van der Waals surface area contributed by atoms with Gasteiger partial charge in [0.2, 0.25) is 0 Å². The van der Waals surface area contributed by atoms with Gasteiger partial charge >= 0.3 is 0 Å². The highest BCUT2D eigenvalue weighted by Gasteiger charge is 2.26. The molecule has 1 amide bonds. The fourth-order valence-electron chi connectivity index (χ4n) is 3.17. The third kappa shape index (κ3) is 2.90. The molecule has 1 aliphatic rings. The molecule has 4 heterocycles. The lowest BCUT2D eigenvalue weighted by molar-refractivity contribution is 0.0929. The topological polar surface area (TPSA) is 77.1 Å². The summed E-state index contributed by atoms with van der Waals surface area (Å²) >= 11 is 0. The SMILES string of the molecule is CC(C)(C)c1cn2c(n1)CC[C@H](NC(=O)c1cnn3cccnc13)C2. The van der Waals surface area contributed by atoms with Gasteiger partial charge in [-0.3, -0.25) is 4.79 Å². The van der Waals surface area contributed by atoms with Crippen molar-refractivity contribution in [2.75, 3.05) is 0 Å². The first-order valence-electron chi connectivity index (χ1n) is 8.57. The summed E-state index contributed by atoms with van der Waals surface area (Å²) in [5.41, 5.74) is 2.22. The number of fused-ring (bicyclic) bond motifs is 2. The van der Waals surface area contributed by atoms with Crippen LogP contribution in [-0.4, -0.2) is 36.1 Å². The van der Waals surface area contributed by atoms with Crippen molar-refractivity contribution >= 4 is 11.6 Å². The quantitative estimate of drug-likeness (QED) is 0.775. The van der Waals surface area contributed by atoms with Gasteiger partial charge in [-0.1, -0.05) is 20.8 Å². The molecule has 0 unspecified atom stereocenters. The average molecular weight is 338 g/mol. The van der Waals surface area contributed by atoms with E-state index in [1.54, 1.807) is 29.2 Å². The van der Waals surface area contributed by atoms with Crippen LogP contribution in [0.5, 0.6) is 0 Å². The molecule has 0 fully saturated rings. The zero-order valence-electron chi connectivity index (χ0n) is 14.7. The molecule has 0 saturated heterocycles. The van der Waals surface area contributed by atoms with Crippen molar-refractivity contribution in [3.8, 4) is 0 Å². The van der Waals surface area contributed by atoms with E-state index in [4.69, 9.17) is 4.98 Å². The fourth-order valence-corrected chi connectivity index (χ4v) is 3.17. The minimum absolute atomic E-state index is 0.0336. The van der Waals surface area contributed by atoms with E-state index < -0.39 is 0 Å². The summed E-state index contributed by atoms with van der Waals surface area (Å²) in [4.78, 5) is 21.6. The molecule has 7 nitrogen and oxygen atoms in total. The van der Waals surface area contributed by atoms with Crippen molar-refractivity contribution in [1.29, 1.82) is 0 Å². The molecular formula is C18H22N6O. The number of aryl methyl sites for hydroxylation is 1. The van der Waals surface area contributed by atoms with Gasteiger partial charge in [0.15, 0.2) is 5.65 Å². The van der Waals surface area contributed by atoms with Crippen molar-refractivity contribution in [1.82, 2.24) is 29.5 Å². The summed E-state index contributed by atoms with van der Waals surface area (Å²) in [5, 5.41) is 7.30. The normalized spacial score (nSPS) is 17.5. The monoisotopic (exact) mass is 338 g/mol. The third-order valence-electron chi connectivity index (χ3n) is 4.62. The van der Waals surface area contributed by atoms with Gasteiger partial charge in [0.1, 0.15) is 11.4 Å². The van der Waals surface area contributed by atoms with Gasteiger partial charge in [0.05, 0.1) is 11.9 Å². The van der Waals surface area contributed by atoms with Crippen molar-refractivity contribution in [2.24, 2.45) is 0 Å². The second-order valence-corrected chi connectivity index (χ2v) is 7.60. The molecule has 3 aromatic rings. The number of nitrogens with one attached hydrogen (secondary N) is 1. The first-order chi connectivity index (χ1) is 11.9. The molecule has 0 saturated carbocycles. The van der Waals surface area contributed by atoms with Crippen LogP contribution in [0.4, 0.5) is 0 Å². The van der Waals surface area contributed by atoms with Crippen molar-refractivity contribution < 1.29 is 4.79 Å². The van der Waals surface area contributed by atoms with E-state index in [1.165, 1.54) is 0 Å². The van der Waals surface area contributed by atoms with E-state index in [1.807, 2.05) is 0 Å². The Morgan fingerprint density at radius 1 is 1.36 bits per heavy atom. The maximum atomic E-state index is 12.6. The highest BCUT2D eigenvalue weighted by Crippen LogP contribution is 2.24. The minimum Gasteiger partial charge on any atom is -0.347 e. The predicted molar refractivity (Wildman–Crippen MR) is 93.5 cm³/mol. The highest BCUT2D eigenvalue weighted by molar-refractivity contribution is 5.99. The van der Waals surface area contributed by atoms with Crippen LogP contribution >= 0.6 is 0 Å². The predicted octanol–water partition coefficient (Wildman–Crippen LogP) is 1.97. The number of aromatic nitrogens is 5. The molecule has 0 bridgehead atoms. The Hall–Kier alpha value is -2.70. The molecule has 1 aliphatic heterocycles. The molecule has 0 radical (unpaired) electrons. The summed E-state index contributed by atoms with van der Waals surface area (Å²) in [6.07, 6.45) is 8.89. The number of imidazole rings is 1. The van der Waals surface area contributed by atoms with Gasteiger partial charge in [-0.2, -0.15) is 5.10 Å². The van der Waals surface area contributed by atoms with Crippen molar-refractivity contribution in [2.45, 2.75) is 51.6 Å². The van der Waals surface area contributed by atoms with Gasteiger partial charge < -0.3 is 9.88 Å². The van der Waals surface area contributed by atoms with Crippen LogP contribution in [0.3, 0.4) is 0 Å². The van der Waals surface area contributed by atoms with Crippen LogP contribution in [0.2, 0.25) is 0 Å². The zero-order valence-corrected chi connectivity index (χ0v) is 14.7. The van der Waals surface area contributed by atoms with E-state index in [0.29, 0.717) is 11.2 Å². The molecule has 25 heavy (non-hydrogen) atoms. The Bertz CT molecular complexity index is 933. The summed E-state index contributed by atoms with van der Waals surface area (Å²) in [6.45, 7) is 7.24. The van der Waals surface area contributed by atoms with Gasteiger partial charge in [-0.05, 0) is 12.5 Å². The van der Waals surface area contributed by atoms with Crippen LogP contribution in [0.1, 0.15) is 49.1 Å². The molecule has 0 spiro atoms. The molecular weight excluding hydrogens is 316 g/mol. The number of rotatable bonds is 2. The first kappa shape index (κ1) is 15.8. The lowest BCUT2D eigenvalue weighted by atomic mass is 9.93. The standard InChI is InChI=1S/C18H22N6O/c1-18(2,3)14-11-23-10-12(5-6-15(23)22-14)21-17(25)13-9-20-24-8-4-7-19-16(13)24/h4,7-9,11-12H,5-6,10H2,1-3H3,(H,21,25)/t12-/m0/s1. The first-order valence-corrected chi connectivity index (χ1v) is 8.57. The zero-order chi connectivity index (χ0) is 17.6. The Morgan fingerprint density at radius 2 is 2.20 bits per heavy atom. The van der Waals surface area contributed by atoms with Crippen LogP contribution in [0.15, 0.2) is 30.9 Å². The molecule has 1 N–H and O–H groups in total. The highest BCUT2D eigenvalue weighted by atomic mass is 16.1. The fraction of sp³-hybridized carbons (Fsp3) is 0.444. The van der Waals surface area contributed by atoms with Crippen molar-refractivity contribution in [3.63, 3.8) is 0 Å². The van der Waals surface area contributed by atoms with Gasteiger partial charge in [0, 0.05) is 43.0 Å². The summed E-state index contributed by atoms with van der Waals surface area (Å²) in [6, 6.07) is 1.87. The van der Waals surface area contributed by atoms with Gasteiger partial charge in [-0.15, -0.1) is 0 Å². The Labute approximate surface area is 146 Å². The Morgan fingerprint density at radius 3 is 3.00 bits per heavy atom. The van der Waals surface area contributed by atoms with Crippen LogP contribution in [-0.2, 0) is 18.4 Å². The number of carbonyl (C=O) groups is 1. The smallest absolute Gasteiger partial charge is 0.257 e. The number of carbonyl (C=O) groups excluding carboxylic acids is 1. The van der Waals surface area contributed by atoms with Gasteiger partial charge in [-0.25, -0.2) is 14.5 Å². The molecule has 0 aliphatic carbocycles. The summed E-state index contributed by atoms with van der Waals surface area (Å²) in [7, 11) is 0. The second-order valence-electron chi connectivity index (χ2n) is 7.60. The Balaban J connectivity index is 1.51. The van der Waals surface area contributed by atoms with Crippen molar-refractivity contribution in [3.05, 3.63) is 47.9 Å². The van der Waals surface area contributed by atoms with Crippen LogP contribution in [0, 0.1) is 0 Å². The van der Waals surface area contributed by atoms with E-state index in [2.05, 4.69) is 46.9 Å². The van der Waals surface area contributed by atoms with E-state index in [-0.39, 0.29) is 17.4 Å². The number of nitrogens with zero attached hydrogens (tertiary/aromatic N) is 5. The van der Waals surface area contributed by atoms with E-state index >= 15 is 0 Å².